The van der Waals surface area contributed by atoms with E-state index >= 15 is 0 Å². The minimum atomic E-state index is -1.38. The van der Waals surface area contributed by atoms with Gasteiger partial charge in [0, 0.05) is 6.42 Å². The van der Waals surface area contributed by atoms with E-state index in [4.69, 9.17) is 42.9 Å². The molecule has 1 saturated heterocycles. The molecule has 0 aromatic carbocycles. The normalized spacial score (nSPS) is 35.1. The molecule has 0 aromatic heterocycles. The third-order valence-electron chi connectivity index (χ3n) is 2.13. The molecule has 16 heavy (non-hydrogen) atoms. The van der Waals surface area contributed by atoms with Gasteiger partial charge in [-0.1, -0.05) is 23.2 Å². The predicted molar refractivity (Wildman–Crippen MR) is 54.0 cm³/mol. The lowest BCUT2D eigenvalue weighted by Gasteiger charge is -2.36. The fraction of sp³-hybridized carbons (Fsp3) is 0.875. The highest BCUT2D eigenvalue weighted by Crippen LogP contribution is 2.22. The largest absolute Gasteiger partial charge is 0.455 e. The molecular formula is C8H12Cl2O6. The number of aliphatic hydroxyl groups is 3. The lowest BCUT2D eigenvalue weighted by atomic mass is 10.0. The molecule has 1 rings (SSSR count). The summed E-state index contributed by atoms with van der Waals surface area (Å²) in [6.45, 7) is -0.513. The fourth-order valence-corrected chi connectivity index (χ4v) is 1.51. The van der Waals surface area contributed by atoms with E-state index in [-0.39, 0.29) is 6.42 Å². The van der Waals surface area contributed by atoms with Crippen molar-refractivity contribution in [3.63, 3.8) is 0 Å². The maximum atomic E-state index is 11.1. The van der Waals surface area contributed by atoms with Gasteiger partial charge in [-0.15, -0.1) is 0 Å². The first-order chi connectivity index (χ1) is 7.45. The number of carbonyl (C=O) groups is 1. The van der Waals surface area contributed by atoms with Gasteiger partial charge < -0.3 is 24.8 Å². The Morgan fingerprint density at radius 2 is 2.12 bits per heavy atom. The van der Waals surface area contributed by atoms with E-state index in [1.807, 2.05) is 0 Å². The molecule has 94 valence electrons. The zero-order valence-electron chi connectivity index (χ0n) is 8.12. The van der Waals surface area contributed by atoms with Gasteiger partial charge in [0.15, 0.2) is 12.4 Å². The Bertz CT molecular complexity index is 249. The first-order valence-corrected chi connectivity index (χ1v) is 5.44. The third-order valence-corrected chi connectivity index (χ3v) is 2.49. The van der Waals surface area contributed by atoms with Gasteiger partial charge in [-0.2, -0.15) is 0 Å². The van der Waals surface area contributed by atoms with E-state index in [2.05, 4.69) is 0 Å². The highest BCUT2D eigenvalue weighted by Gasteiger charge is 2.40. The van der Waals surface area contributed by atoms with Gasteiger partial charge in [0.1, 0.15) is 6.10 Å². The number of rotatable bonds is 3. The van der Waals surface area contributed by atoms with Crippen molar-refractivity contribution >= 4 is 29.2 Å². The van der Waals surface area contributed by atoms with Crippen LogP contribution in [0.4, 0.5) is 0 Å². The second-order valence-electron chi connectivity index (χ2n) is 3.32. The molecule has 0 saturated carbocycles. The quantitative estimate of drug-likeness (QED) is 0.459. The van der Waals surface area contributed by atoms with Crippen molar-refractivity contribution in [2.24, 2.45) is 0 Å². The number of halogens is 2. The Hall–Kier alpha value is -0.110. The number of aliphatic hydroxyl groups excluding tert-OH is 3. The molecule has 1 heterocycles. The summed E-state index contributed by atoms with van der Waals surface area (Å²) >= 11 is 10.5. The lowest BCUT2D eigenvalue weighted by Crippen LogP contribution is -2.52. The maximum absolute atomic E-state index is 11.1. The van der Waals surface area contributed by atoms with Gasteiger partial charge in [-0.25, -0.2) is 4.79 Å². The van der Waals surface area contributed by atoms with Crippen LogP contribution in [-0.4, -0.2) is 57.3 Å². The SMILES string of the molecule is O=C(O[C@@H]1C(CO)O[C@@H](O)C[C@H]1O)C(Cl)Cl. The molecule has 0 bridgehead atoms. The van der Waals surface area contributed by atoms with Crippen LogP contribution in [0.3, 0.4) is 0 Å². The minimum Gasteiger partial charge on any atom is -0.455 e. The lowest BCUT2D eigenvalue weighted by molar-refractivity contribution is -0.246. The number of hydrogen-bond acceptors (Lipinski definition) is 6. The Labute approximate surface area is 102 Å². The number of hydrogen-bond donors (Lipinski definition) is 3. The Morgan fingerprint density at radius 3 is 2.62 bits per heavy atom. The van der Waals surface area contributed by atoms with Crippen LogP contribution in [0.5, 0.6) is 0 Å². The average molecular weight is 275 g/mol. The van der Waals surface area contributed by atoms with E-state index in [9.17, 15) is 9.90 Å². The summed E-state index contributed by atoms with van der Waals surface area (Å²) in [5.41, 5.74) is 0. The molecule has 3 N–H and O–H groups in total. The highest BCUT2D eigenvalue weighted by molar-refractivity contribution is 6.52. The average Bonchev–Trinajstić information content (AvgIpc) is 2.21. The topological polar surface area (TPSA) is 96.2 Å². The van der Waals surface area contributed by atoms with Gasteiger partial charge in [0.25, 0.3) is 0 Å². The molecular weight excluding hydrogens is 263 g/mol. The predicted octanol–water partition coefficient (Wildman–Crippen LogP) is -0.838. The molecule has 6 nitrogen and oxygen atoms in total. The third kappa shape index (κ3) is 3.44. The molecule has 0 aromatic rings. The summed E-state index contributed by atoms with van der Waals surface area (Å²) in [5, 5.41) is 27.7. The Kier molecular flexibility index (Phi) is 5.23. The van der Waals surface area contributed by atoms with Gasteiger partial charge in [0.05, 0.1) is 12.7 Å². The summed E-state index contributed by atoms with van der Waals surface area (Å²) < 4.78 is 9.65. The summed E-state index contributed by atoms with van der Waals surface area (Å²) in [6.07, 6.45) is -4.57. The fourth-order valence-electron chi connectivity index (χ4n) is 1.41. The zero-order valence-corrected chi connectivity index (χ0v) is 9.64. The maximum Gasteiger partial charge on any atom is 0.339 e. The molecule has 1 fully saturated rings. The molecule has 0 amide bonds. The van der Waals surface area contributed by atoms with E-state index in [0.717, 1.165) is 0 Å². The monoisotopic (exact) mass is 274 g/mol. The molecule has 1 unspecified atom stereocenters. The molecule has 1 aliphatic rings. The smallest absolute Gasteiger partial charge is 0.339 e. The van der Waals surface area contributed by atoms with Crippen LogP contribution < -0.4 is 0 Å². The Morgan fingerprint density at radius 1 is 1.50 bits per heavy atom. The molecule has 0 aliphatic carbocycles. The number of ether oxygens (including phenoxy) is 2. The van der Waals surface area contributed by atoms with E-state index in [1.54, 1.807) is 0 Å². The van der Waals surface area contributed by atoms with Gasteiger partial charge >= 0.3 is 5.97 Å². The number of carbonyl (C=O) groups excluding carboxylic acids is 1. The van der Waals surface area contributed by atoms with Crippen molar-refractivity contribution in [3.8, 4) is 0 Å². The van der Waals surface area contributed by atoms with Crippen LogP contribution in [0, 0.1) is 0 Å². The van der Waals surface area contributed by atoms with Crippen LogP contribution in [0.2, 0.25) is 0 Å². The molecule has 0 spiro atoms. The Balaban J connectivity index is 2.64. The summed E-state index contributed by atoms with van der Waals surface area (Å²) in [6, 6.07) is 0. The van der Waals surface area contributed by atoms with Crippen LogP contribution in [0.1, 0.15) is 6.42 Å². The highest BCUT2D eigenvalue weighted by atomic mass is 35.5. The van der Waals surface area contributed by atoms with Gasteiger partial charge in [-0.05, 0) is 0 Å². The molecule has 4 atom stereocenters. The molecule has 1 aliphatic heterocycles. The van der Waals surface area contributed by atoms with Crippen molar-refractivity contribution in [3.05, 3.63) is 0 Å². The van der Waals surface area contributed by atoms with Crippen molar-refractivity contribution in [1.82, 2.24) is 0 Å². The zero-order chi connectivity index (χ0) is 12.3. The van der Waals surface area contributed by atoms with E-state index in [0.29, 0.717) is 0 Å². The second kappa shape index (κ2) is 6.00. The van der Waals surface area contributed by atoms with Crippen molar-refractivity contribution in [1.29, 1.82) is 0 Å². The van der Waals surface area contributed by atoms with Crippen molar-refractivity contribution in [2.45, 2.75) is 35.9 Å². The van der Waals surface area contributed by atoms with Crippen LogP contribution in [0.25, 0.3) is 0 Å². The number of alkyl halides is 2. The summed E-state index contributed by atoms with van der Waals surface area (Å²) in [5.74, 6) is -0.939. The van der Waals surface area contributed by atoms with Gasteiger partial charge in [0.2, 0.25) is 4.84 Å². The molecule has 8 heteroatoms. The van der Waals surface area contributed by atoms with Crippen LogP contribution >= 0.6 is 23.2 Å². The number of esters is 1. The summed E-state index contributed by atoms with van der Waals surface area (Å²) in [7, 11) is 0. The van der Waals surface area contributed by atoms with Gasteiger partial charge in [-0.3, -0.25) is 0 Å². The van der Waals surface area contributed by atoms with E-state index in [1.165, 1.54) is 0 Å². The van der Waals surface area contributed by atoms with E-state index < -0.39 is 42.0 Å². The first kappa shape index (κ1) is 14.0. The first-order valence-electron chi connectivity index (χ1n) is 4.56. The summed E-state index contributed by atoms with van der Waals surface area (Å²) in [4.78, 5) is 9.73. The van der Waals surface area contributed by atoms with Crippen molar-refractivity contribution in [2.75, 3.05) is 6.61 Å². The van der Waals surface area contributed by atoms with Crippen molar-refractivity contribution < 1.29 is 29.6 Å². The van der Waals surface area contributed by atoms with Crippen LogP contribution in [-0.2, 0) is 14.3 Å². The standard InChI is InChI=1S/C8H12Cl2O6/c9-7(10)8(14)16-6-3(12)1-5(13)15-4(6)2-11/h3-7,11-13H,1-2H2/t3-,4?,5-,6+/m1/s1. The van der Waals surface area contributed by atoms with Crippen LogP contribution in [0.15, 0.2) is 0 Å². The minimum absolute atomic E-state index is 0.121. The molecule has 0 radical (unpaired) electrons. The second-order valence-corrected chi connectivity index (χ2v) is 4.41.